The topological polar surface area (TPSA) is 42.7 Å². The minimum Gasteiger partial charge on any atom is -0.304 e. The molecule has 0 aromatic carbocycles. The predicted octanol–water partition coefficient (Wildman–Crippen LogP) is 3.94. The zero-order chi connectivity index (χ0) is 14.1. The molecule has 0 bridgehead atoms. The molecule has 3 heterocycles. The van der Waals surface area contributed by atoms with Crippen LogP contribution in [0.25, 0.3) is 9.40 Å². The first-order chi connectivity index (χ1) is 9.70. The van der Waals surface area contributed by atoms with Gasteiger partial charge in [0.15, 0.2) is 4.60 Å². The van der Waals surface area contributed by atoms with E-state index in [9.17, 15) is 0 Å². The summed E-state index contributed by atoms with van der Waals surface area (Å²) < 4.78 is 5.34. The van der Waals surface area contributed by atoms with Gasteiger partial charge in [0.25, 0.3) is 0 Å². The molecule has 0 aliphatic heterocycles. The van der Waals surface area contributed by atoms with E-state index < -0.39 is 0 Å². The van der Waals surface area contributed by atoms with Crippen molar-refractivity contribution in [2.75, 3.05) is 6.54 Å². The van der Waals surface area contributed by atoms with Crippen LogP contribution < -0.4 is 5.32 Å². The summed E-state index contributed by atoms with van der Waals surface area (Å²) in [6, 6.07) is 4.59. The summed E-state index contributed by atoms with van der Waals surface area (Å²) >= 11 is 7.14. The lowest BCUT2D eigenvalue weighted by Crippen LogP contribution is -2.24. The van der Waals surface area contributed by atoms with Crippen molar-refractivity contribution in [1.29, 1.82) is 0 Å². The van der Waals surface area contributed by atoms with Crippen LogP contribution in [-0.2, 0) is 7.05 Å². The first-order valence-corrected chi connectivity index (χ1v) is 8.95. The Balaban J connectivity index is 2.03. The average molecular weight is 371 g/mol. The minimum atomic E-state index is 0.133. The lowest BCUT2D eigenvalue weighted by atomic mass is 10.1. The van der Waals surface area contributed by atoms with Gasteiger partial charge in [0.2, 0.25) is 0 Å². The van der Waals surface area contributed by atoms with Crippen LogP contribution in [0.15, 0.2) is 22.1 Å². The Labute approximate surface area is 133 Å². The molecule has 0 spiro atoms. The maximum Gasteiger partial charge on any atom is 0.153 e. The first-order valence-electron chi connectivity index (χ1n) is 6.46. The molecule has 3 aromatic rings. The van der Waals surface area contributed by atoms with Gasteiger partial charge in [0.1, 0.15) is 0 Å². The summed E-state index contributed by atoms with van der Waals surface area (Å²) in [7, 11) is 1.93. The van der Waals surface area contributed by atoms with Gasteiger partial charge in [-0.3, -0.25) is 0 Å². The molecule has 1 N–H and O–H groups in total. The van der Waals surface area contributed by atoms with Crippen LogP contribution >= 0.6 is 38.6 Å². The number of nitrogens with one attached hydrogen (secondary N) is 1. The third-order valence-corrected chi connectivity index (χ3v) is 5.86. The van der Waals surface area contributed by atoms with Crippen LogP contribution in [0.3, 0.4) is 0 Å². The fourth-order valence-electron chi connectivity index (χ4n) is 2.19. The van der Waals surface area contributed by atoms with Crippen LogP contribution in [0.2, 0.25) is 0 Å². The van der Waals surface area contributed by atoms with Gasteiger partial charge in [-0.2, -0.15) is 0 Å². The number of fused-ring (bicyclic) bond motifs is 1. The monoisotopic (exact) mass is 370 g/mol. The zero-order valence-corrected chi connectivity index (χ0v) is 14.5. The van der Waals surface area contributed by atoms with Gasteiger partial charge in [-0.1, -0.05) is 12.1 Å². The molecular formula is C13H15BrN4S2. The Hall–Kier alpha value is -0.760. The molecule has 1 unspecified atom stereocenters. The van der Waals surface area contributed by atoms with E-state index in [0.29, 0.717) is 0 Å². The Morgan fingerprint density at radius 1 is 1.45 bits per heavy atom. The third-order valence-electron chi connectivity index (χ3n) is 3.14. The molecule has 3 rings (SSSR count). The van der Waals surface area contributed by atoms with Crippen LogP contribution in [0.1, 0.15) is 30.0 Å². The molecule has 0 aliphatic carbocycles. The molecule has 20 heavy (non-hydrogen) atoms. The van der Waals surface area contributed by atoms with Gasteiger partial charge in [0, 0.05) is 21.3 Å². The second-order valence-corrected chi connectivity index (χ2v) is 7.39. The van der Waals surface area contributed by atoms with Crippen molar-refractivity contribution in [3.63, 3.8) is 0 Å². The van der Waals surface area contributed by atoms with E-state index in [1.807, 2.05) is 23.1 Å². The molecule has 1 atom stereocenters. The molecule has 0 saturated heterocycles. The summed E-state index contributed by atoms with van der Waals surface area (Å²) in [5.41, 5.74) is 1.08. The van der Waals surface area contributed by atoms with Crippen molar-refractivity contribution in [3.8, 4) is 0 Å². The van der Waals surface area contributed by atoms with Gasteiger partial charge in [0.05, 0.1) is 11.7 Å². The van der Waals surface area contributed by atoms with E-state index in [0.717, 1.165) is 23.3 Å². The number of hydrogen-bond donors (Lipinski definition) is 1. The number of halogens is 1. The lowest BCUT2D eigenvalue weighted by Gasteiger charge is -2.17. The number of aromatic nitrogens is 3. The summed E-state index contributed by atoms with van der Waals surface area (Å²) in [6.45, 7) is 3.14. The quantitative estimate of drug-likeness (QED) is 0.739. The van der Waals surface area contributed by atoms with Crippen LogP contribution in [-0.4, -0.2) is 21.5 Å². The van der Waals surface area contributed by atoms with Crippen LogP contribution in [0, 0.1) is 0 Å². The summed E-state index contributed by atoms with van der Waals surface area (Å²) in [5.74, 6) is 0. The van der Waals surface area contributed by atoms with Gasteiger partial charge in [-0.05, 0) is 46.4 Å². The van der Waals surface area contributed by atoms with E-state index in [4.69, 9.17) is 0 Å². The largest absolute Gasteiger partial charge is 0.304 e. The number of rotatable bonds is 5. The molecular weight excluding hydrogens is 356 g/mol. The maximum atomic E-state index is 4.11. The fourth-order valence-corrected chi connectivity index (χ4v) is 4.95. The molecule has 0 aliphatic rings. The Bertz CT molecular complexity index is 667. The average Bonchev–Trinajstić information content (AvgIpc) is 3.08. The van der Waals surface area contributed by atoms with Crippen molar-refractivity contribution in [1.82, 2.24) is 20.3 Å². The van der Waals surface area contributed by atoms with Crippen LogP contribution in [0.4, 0.5) is 0 Å². The smallest absolute Gasteiger partial charge is 0.153 e. The fraction of sp³-hybridized carbons (Fsp3) is 0.385. The highest BCUT2D eigenvalue weighted by Crippen LogP contribution is 2.37. The molecule has 106 valence electrons. The SMILES string of the molecule is CCCNC(c1cc2sccc2s1)c1c(Br)nnn1C. The van der Waals surface area contributed by atoms with E-state index >= 15 is 0 Å². The van der Waals surface area contributed by atoms with E-state index in [1.165, 1.54) is 14.3 Å². The predicted molar refractivity (Wildman–Crippen MR) is 88.5 cm³/mol. The van der Waals surface area contributed by atoms with Crippen molar-refractivity contribution in [2.24, 2.45) is 7.05 Å². The standard InChI is InChI=1S/C13H15BrN4S2/c1-3-5-15-11(12-13(14)16-17-18(12)2)10-7-9-8(20-10)4-6-19-9/h4,6-7,11,15H,3,5H2,1-2H3. The summed E-state index contributed by atoms with van der Waals surface area (Å²) in [4.78, 5) is 1.31. The van der Waals surface area contributed by atoms with Crippen LogP contribution in [0.5, 0.6) is 0 Å². The lowest BCUT2D eigenvalue weighted by molar-refractivity contribution is 0.555. The first kappa shape index (κ1) is 14.2. The highest BCUT2D eigenvalue weighted by atomic mass is 79.9. The Morgan fingerprint density at radius 3 is 2.95 bits per heavy atom. The number of aryl methyl sites for hydroxylation is 1. The highest BCUT2D eigenvalue weighted by Gasteiger charge is 2.23. The summed E-state index contributed by atoms with van der Waals surface area (Å²) in [6.07, 6.45) is 1.10. The van der Waals surface area contributed by atoms with E-state index in [2.05, 4.69) is 56.0 Å². The summed E-state index contributed by atoms with van der Waals surface area (Å²) in [5, 5.41) is 14.0. The van der Waals surface area contributed by atoms with Crippen molar-refractivity contribution >= 4 is 48.0 Å². The Morgan fingerprint density at radius 2 is 2.30 bits per heavy atom. The van der Waals surface area contributed by atoms with Gasteiger partial charge in [-0.15, -0.1) is 27.8 Å². The minimum absolute atomic E-state index is 0.133. The van der Waals surface area contributed by atoms with Crippen molar-refractivity contribution < 1.29 is 0 Å². The van der Waals surface area contributed by atoms with Crippen molar-refractivity contribution in [3.05, 3.63) is 32.7 Å². The van der Waals surface area contributed by atoms with Gasteiger partial charge >= 0.3 is 0 Å². The van der Waals surface area contributed by atoms with Gasteiger partial charge in [-0.25, -0.2) is 4.68 Å². The normalized spacial score (nSPS) is 13.2. The van der Waals surface area contributed by atoms with Gasteiger partial charge < -0.3 is 5.32 Å². The highest BCUT2D eigenvalue weighted by molar-refractivity contribution is 9.10. The molecule has 0 amide bonds. The maximum absolute atomic E-state index is 4.11. The second kappa shape index (κ2) is 5.93. The Kier molecular flexibility index (Phi) is 4.21. The van der Waals surface area contributed by atoms with E-state index in [1.54, 1.807) is 11.3 Å². The molecule has 7 heteroatoms. The second-order valence-electron chi connectivity index (χ2n) is 4.57. The number of nitrogens with zero attached hydrogens (tertiary/aromatic N) is 3. The molecule has 0 saturated carbocycles. The zero-order valence-electron chi connectivity index (χ0n) is 11.3. The molecule has 0 radical (unpaired) electrons. The van der Waals surface area contributed by atoms with E-state index in [-0.39, 0.29) is 6.04 Å². The number of hydrogen-bond acceptors (Lipinski definition) is 5. The van der Waals surface area contributed by atoms with Crippen molar-refractivity contribution in [2.45, 2.75) is 19.4 Å². The number of thiophene rings is 2. The molecule has 4 nitrogen and oxygen atoms in total. The molecule has 0 fully saturated rings. The molecule has 3 aromatic heterocycles. The third kappa shape index (κ3) is 2.55.